The Morgan fingerprint density at radius 3 is 2.24 bits per heavy atom. The molecule has 0 spiro atoms. The minimum atomic E-state index is -3.15. The predicted molar refractivity (Wildman–Crippen MR) is 113 cm³/mol. The molecule has 178 valence electrons. The maximum absolute atomic E-state index is 12.5. The van der Waals surface area contributed by atoms with E-state index in [4.69, 9.17) is 14.2 Å². The monoisotopic (exact) mass is 485 g/mol. The van der Waals surface area contributed by atoms with Gasteiger partial charge in [0.2, 0.25) is 0 Å². The van der Waals surface area contributed by atoms with Crippen molar-refractivity contribution in [1.82, 2.24) is 0 Å². The molecule has 1 heterocycles. The smallest absolute Gasteiger partial charge is 0.387 e. The van der Waals surface area contributed by atoms with Crippen LogP contribution in [0.1, 0.15) is 49.8 Å². The van der Waals surface area contributed by atoms with Crippen LogP contribution in [-0.4, -0.2) is 50.2 Å². The van der Waals surface area contributed by atoms with Gasteiger partial charge < -0.3 is 24.3 Å². The van der Waals surface area contributed by atoms with E-state index >= 15 is 0 Å². The van der Waals surface area contributed by atoms with E-state index < -0.39 is 42.8 Å². The van der Waals surface area contributed by atoms with Gasteiger partial charge in [0.05, 0.1) is 18.8 Å². The van der Waals surface area contributed by atoms with E-state index in [-0.39, 0.29) is 39.8 Å². The molecule has 1 aromatic carbocycles. The first-order valence-electron chi connectivity index (χ1n) is 9.67. The van der Waals surface area contributed by atoms with E-state index in [0.29, 0.717) is 0 Å². The van der Waals surface area contributed by atoms with Crippen LogP contribution in [0.2, 0.25) is 0 Å². The highest BCUT2D eigenvalue weighted by Crippen LogP contribution is 2.34. The van der Waals surface area contributed by atoms with E-state index in [1.807, 2.05) is 0 Å². The SMILES string of the molecule is CCOC(=O)c1sc(NC(=O)COC(=O)c2ccccc2OC(F)F)c(C(=O)OCC)c1C. The number of para-hydroxylation sites is 1. The van der Waals surface area contributed by atoms with Crippen molar-refractivity contribution in [2.45, 2.75) is 27.4 Å². The van der Waals surface area contributed by atoms with Crippen molar-refractivity contribution in [2.75, 3.05) is 25.1 Å². The van der Waals surface area contributed by atoms with E-state index in [9.17, 15) is 28.0 Å². The minimum absolute atomic E-state index is 0.0106. The number of amides is 1. The van der Waals surface area contributed by atoms with Crippen LogP contribution in [0.15, 0.2) is 24.3 Å². The zero-order valence-electron chi connectivity index (χ0n) is 17.9. The summed E-state index contributed by atoms with van der Waals surface area (Å²) in [7, 11) is 0. The number of benzene rings is 1. The lowest BCUT2D eigenvalue weighted by Gasteiger charge is -2.10. The summed E-state index contributed by atoms with van der Waals surface area (Å²) in [5, 5.41) is 2.41. The molecule has 0 radical (unpaired) electrons. The van der Waals surface area contributed by atoms with Crippen LogP contribution in [0, 0.1) is 6.92 Å². The summed E-state index contributed by atoms with van der Waals surface area (Å²) in [4.78, 5) is 49.2. The zero-order chi connectivity index (χ0) is 24.5. The lowest BCUT2D eigenvalue weighted by molar-refractivity contribution is -0.119. The van der Waals surface area contributed by atoms with Crippen molar-refractivity contribution in [1.29, 1.82) is 0 Å². The molecule has 2 aromatic rings. The lowest BCUT2D eigenvalue weighted by Crippen LogP contribution is -2.22. The molecule has 9 nitrogen and oxygen atoms in total. The fraction of sp³-hybridized carbons (Fsp3) is 0.333. The Labute approximate surface area is 191 Å². The molecular formula is C21H21F2NO8S. The maximum atomic E-state index is 12.5. The fourth-order valence-corrected chi connectivity index (χ4v) is 3.75. The van der Waals surface area contributed by atoms with E-state index in [1.54, 1.807) is 13.8 Å². The van der Waals surface area contributed by atoms with Gasteiger partial charge in [-0.1, -0.05) is 12.1 Å². The van der Waals surface area contributed by atoms with Crippen LogP contribution < -0.4 is 10.1 Å². The van der Waals surface area contributed by atoms with E-state index in [2.05, 4.69) is 10.1 Å². The predicted octanol–water partition coefficient (Wildman–Crippen LogP) is 3.81. The maximum Gasteiger partial charge on any atom is 0.387 e. The van der Waals surface area contributed by atoms with Gasteiger partial charge in [-0.15, -0.1) is 11.3 Å². The van der Waals surface area contributed by atoms with Gasteiger partial charge >= 0.3 is 24.5 Å². The van der Waals surface area contributed by atoms with Crippen LogP contribution in [-0.2, 0) is 19.0 Å². The molecule has 12 heteroatoms. The number of alkyl halides is 2. The Morgan fingerprint density at radius 1 is 0.970 bits per heavy atom. The summed E-state index contributed by atoms with van der Waals surface area (Å²) in [5.74, 6) is -3.74. The summed E-state index contributed by atoms with van der Waals surface area (Å²) >= 11 is 0.805. The second kappa shape index (κ2) is 11.9. The molecule has 1 amide bonds. The second-order valence-electron chi connectivity index (χ2n) is 6.20. The molecule has 0 saturated carbocycles. The Kier molecular flexibility index (Phi) is 9.28. The molecule has 0 bridgehead atoms. The van der Waals surface area contributed by atoms with Crippen molar-refractivity contribution < 1.29 is 46.9 Å². The molecule has 1 aromatic heterocycles. The zero-order valence-corrected chi connectivity index (χ0v) is 18.8. The molecule has 0 atom stereocenters. The van der Waals surface area contributed by atoms with Crippen molar-refractivity contribution in [3.63, 3.8) is 0 Å². The topological polar surface area (TPSA) is 117 Å². The van der Waals surface area contributed by atoms with Gasteiger partial charge in [0.15, 0.2) is 6.61 Å². The Morgan fingerprint density at radius 2 is 1.61 bits per heavy atom. The van der Waals surface area contributed by atoms with Gasteiger partial charge in [-0.05, 0) is 38.5 Å². The van der Waals surface area contributed by atoms with Gasteiger partial charge in [-0.3, -0.25) is 4.79 Å². The number of thiophene rings is 1. The number of nitrogens with one attached hydrogen (secondary N) is 1. The minimum Gasteiger partial charge on any atom is -0.462 e. The number of carbonyl (C=O) groups excluding carboxylic acids is 4. The summed E-state index contributed by atoms with van der Waals surface area (Å²) in [6.07, 6.45) is 0. The van der Waals surface area contributed by atoms with Gasteiger partial charge in [-0.2, -0.15) is 8.78 Å². The van der Waals surface area contributed by atoms with E-state index in [0.717, 1.165) is 17.4 Å². The molecule has 2 rings (SSSR count). The molecule has 0 unspecified atom stereocenters. The summed E-state index contributed by atoms with van der Waals surface area (Å²) in [6, 6.07) is 5.15. The first kappa shape index (κ1) is 25.7. The van der Waals surface area contributed by atoms with Crippen molar-refractivity contribution >= 4 is 40.2 Å². The van der Waals surface area contributed by atoms with E-state index in [1.165, 1.54) is 25.1 Å². The Balaban J connectivity index is 2.16. The number of hydrogen-bond acceptors (Lipinski definition) is 9. The molecule has 0 aliphatic heterocycles. The standard InChI is InChI=1S/C21H21F2NO8S/c1-4-29-19(27)15-11(3)16(20(28)30-5-2)33-17(15)24-14(25)10-31-18(26)12-8-6-7-9-13(12)32-21(22)23/h6-9,21H,4-5,10H2,1-3H3,(H,24,25). The largest absolute Gasteiger partial charge is 0.462 e. The number of halogens is 2. The highest BCUT2D eigenvalue weighted by atomic mass is 32.1. The highest BCUT2D eigenvalue weighted by Gasteiger charge is 2.27. The van der Waals surface area contributed by atoms with Crippen LogP contribution in [0.5, 0.6) is 5.75 Å². The molecule has 0 aliphatic rings. The third kappa shape index (κ3) is 6.72. The number of ether oxygens (including phenoxy) is 4. The van der Waals surface area contributed by atoms with Crippen molar-refractivity contribution in [2.24, 2.45) is 0 Å². The van der Waals surface area contributed by atoms with Gasteiger partial charge in [-0.25, -0.2) is 14.4 Å². The number of carbonyl (C=O) groups is 4. The number of rotatable bonds is 10. The second-order valence-corrected chi connectivity index (χ2v) is 7.22. The first-order valence-corrected chi connectivity index (χ1v) is 10.5. The molecule has 0 fully saturated rings. The average Bonchev–Trinajstić information content (AvgIpc) is 3.08. The summed E-state index contributed by atoms with van der Waals surface area (Å²) < 4.78 is 44.1. The molecule has 1 N–H and O–H groups in total. The van der Waals surface area contributed by atoms with Crippen molar-refractivity contribution in [3.8, 4) is 5.75 Å². The number of esters is 3. The molecule has 33 heavy (non-hydrogen) atoms. The Bertz CT molecular complexity index is 1040. The summed E-state index contributed by atoms with van der Waals surface area (Å²) in [6.45, 7) is 0.945. The quantitative estimate of drug-likeness (QED) is 0.399. The third-order valence-corrected chi connectivity index (χ3v) is 5.18. The van der Waals surface area contributed by atoms with Crippen molar-refractivity contribution in [3.05, 3.63) is 45.8 Å². The van der Waals surface area contributed by atoms with Gasteiger partial charge in [0, 0.05) is 0 Å². The first-order chi connectivity index (χ1) is 15.7. The van der Waals surface area contributed by atoms with Crippen LogP contribution in [0.25, 0.3) is 0 Å². The normalized spacial score (nSPS) is 10.5. The van der Waals surface area contributed by atoms with Crippen LogP contribution in [0.4, 0.5) is 13.8 Å². The number of anilines is 1. The third-order valence-electron chi connectivity index (χ3n) is 4.00. The summed E-state index contributed by atoms with van der Waals surface area (Å²) in [5.41, 5.74) is -0.0584. The Hall–Kier alpha value is -3.54. The fourth-order valence-electron chi connectivity index (χ4n) is 2.65. The molecular weight excluding hydrogens is 464 g/mol. The van der Waals surface area contributed by atoms with Crippen LogP contribution in [0.3, 0.4) is 0 Å². The van der Waals surface area contributed by atoms with Gasteiger partial charge in [0.1, 0.15) is 21.2 Å². The molecule has 0 aliphatic carbocycles. The van der Waals surface area contributed by atoms with Crippen LogP contribution >= 0.6 is 11.3 Å². The molecule has 0 saturated heterocycles. The lowest BCUT2D eigenvalue weighted by atomic mass is 10.1. The van der Waals surface area contributed by atoms with Gasteiger partial charge in [0.25, 0.3) is 5.91 Å². The highest BCUT2D eigenvalue weighted by molar-refractivity contribution is 7.18. The number of hydrogen-bond donors (Lipinski definition) is 1. The average molecular weight is 485 g/mol.